The van der Waals surface area contributed by atoms with E-state index in [-0.39, 0.29) is 5.91 Å². The van der Waals surface area contributed by atoms with Crippen molar-refractivity contribution in [3.8, 4) is 5.75 Å². The fraction of sp³-hybridized carbons (Fsp3) is 0.385. The second kappa shape index (κ2) is 6.51. The molecule has 0 atom stereocenters. The molecule has 0 saturated carbocycles. The summed E-state index contributed by atoms with van der Waals surface area (Å²) in [7, 11) is 1.61. The van der Waals surface area contributed by atoms with Gasteiger partial charge in [-0.1, -0.05) is 0 Å². The molecular weight excluding hydrogens is 375 g/mol. The van der Waals surface area contributed by atoms with Crippen LogP contribution in [0.25, 0.3) is 0 Å². The molecule has 102 valence electrons. The van der Waals surface area contributed by atoms with Crippen LogP contribution in [-0.2, 0) is 0 Å². The molecule has 1 saturated heterocycles. The average molecular weight is 390 g/mol. The summed E-state index contributed by atoms with van der Waals surface area (Å²) in [5, 5.41) is 3.30. The lowest BCUT2D eigenvalue weighted by atomic mass is 10.2. The Morgan fingerprint density at radius 1 is 1.42 bits per heavy atom. The third kappa shape index (κ3) is 3.56. The molecule has 0 radical (unpaired) electrons. The summed E-state index contributed by atoms with van der Waals surface area (Å²) in [5.41, 5.74) is 0.590. The van der Waals surface area contributed by atoms with Gasteiger partial charge in [0, 0.05) is 18.7 Å². The molecule has 1 aliphatic rings. The van der Waals surface area contributed by atoms with Crippen molar-refractivity contribution in [1.82, 2.24) is 10.2 Å². The summed E-state index contributed by atoms with van der Waals surface area (Å²) in [5.74, 6) is 0.594. The van der Waals surface area contributed by atoms with E-state index in [0.717, 1.165) is 35.3 Å². The van der Waals surface area contributed by atoms with E-state index in [4.69, 9.17) is 17.0 Å². The Balaban J connectivity index is 2.03. The third-order valence-corrected chi connectivity index (χ3v) is 4.23. The summed E-state index contributed by atoms with van der Waals surface area (Å²) >= 11 is 7.38. The molecule has 1 fully saturated rings. The van der Waals surface area contributed by atoms with E-state index in [9.17, 15) is 4.79 Å². The molecule has 0 aromatic heterocycles. The average Bonchev–Trinajstić information content (AvgIpc) is 2.92. The molecule has 0 aliphatic carbocycles. The number of carbonyl (C=O) groups excluding carboxylic acids is 1. The van der Waals surface area contributed by atoms with Crippen LogP contribution in [-0.4, -0.2) is 36.1 Å². The zero-order valence-electron chi connectivity index (χ0n) is 10.6. The molecule has 6 heteroatoms. The molecule has 0 spiro atoms. The fourth-order valence-corrected chi connectivity index (χ4v) is 2.99. The van der Waals surface area contributed by atoms with Gasteiger partial charge in [0.15, 0.2) is 5.11 Å². The van der Waals surface area contributed by atoms with Crippen molar-refractivity contribution in [3.05, 3.63) is 27.3 Å². The van der Waals surface area contributed by atoms with Crippen LogP contribution in [0.1, 0.15) is 23.2 Å². The van der Waals surface area contributed by atoms with Gasteiger partial charge >= 0.3 is 0 Å². The minimum absolute atomic E-state index is 0.169. The minimum Gasteiger partial charge on any atom is -0.496 e. The number of hydrogen-bond donors (Lipinski definition) is 1. The molecular formula is C13H15IN2O2S. The first kappa shape index (κ1) is 14.5. The van der Waals surface area contributed by atoms with Gasteiger partial charge in [-0.15, -0.1) is 0 Å². The van der Waals surface area contributed by atoms with Gasteiger partial charge in [-0.2, -0.15) is 0 Å². The van der Waals surface area contributed by atoms with Gasteiger partial charge in [0.2, 0.25) is 0 Å². The Morgan fingerprint density at radius 3 is 2.68 bits per heavy atom. The summed E-state index contributed by atoms with van der Waals surface area (Å²) < 4.78 is 6.07. The molecule has 1 heterocycles. The smallest absolute Gasteiger partial charge is 0.257 e. The summed E-state index contributed by atoms with van der Waals surface area (Å²) in [6.07, 6.45) is 2.27. The standard InChI is InChI=1S/C13H15IN2O2S/c1-18-11-5-4-9(8-10(11)14)12(17)15-13(19)16-6-2-3-7-16/h4-5,8H,2-3,6-7H2,1H3,(H,15,17,19). The van der Waals surface area contributed by atoms with E-state index in [1.165, 1.54) is 0 Å². The molecule has 1 amide bonds. The zero-order valence-corrected chi connectivity index (χ0v) is 13.6. The first-order chi connectivity index (χ1) is 9.11. The lowest BCUT2D eigenvalue weighted by Gasteiger charge is -2.18. The predicted octanol–water partition coefficient (Wildman–Crippen LogP) is 2.41. The van der Waals surface area contributed by atoms with Crippen LogP contribution < -0.4 is 10.1 Å². The first-order valence-corrected chi connectivity index (χ1v) is 7.54. The van der Waals surface area contributed by atoms with Gasteiger partial charge in [-0.3, -0.25) is 10.1 Å². The van der Waals surface area contributed by atoms with Crippen molar-refractivity contribution in [3.63, 3.8) is 0 Å². The maximum atomic E-state index is 12.1. The molecule has 1 N–H and O–H groups in total. The summed E-state index contributed by atoms with van der Waals surface area (Å²) in [4.78, 5) is 14.1. The van der Waals surface area contributed by atoms with Crippen LogP contribution >= 0.6 is 34.8 Å². The molecule has 4 nitrogen and oxygen atoms in total. The quantitative estimate of drug-likeness (QED) is 0.622. The molecule has 1 aromatic carbocycles. The molecule has 1 aliphatic heterocycles. The van der Waals surface area contributed by atoms with Gasteiger partial charge in [0.1, 0.15) is 5.75 Å². The number of methoxy groups -OCH3 is 1. The Hall–Kier alpha value is -0.890. The number of hydrogen-bond acceptors (Lipinski definition) is 3. The summed E-state index contributed by atoms with van der Waals surface area (Å²) in [6, 6.07) is 5.32. The molecule has 19 heavy (non-hydrogen) atoms. The number of thiocarbonyl (C=S) groups is 1. The number of rotatable bonds is 2. The number of likely N-dealkylation sites (tertiary alicyclic amines) is 1. The number of halogens is 1. The van der Waals surface area contributed by atoms with Crippen LogP contribution in [0, 0.1) is 3.57 Å². The van der Waals surface area contributed by atoms with Crippen LogP contribution in [0.2, 0.25) is 0 Å². The zero-order chi connectivity index (χ0) is 13.8. The maximum absolute atomic E-state index is 12.1. The highest BCUT2D eigenvalue weighted by Crippen LogP contribution is 2.21. The summed E-state index contributed by atoms with van der Waals surface area (Å²) in [6.45, 7) is 1.86. The minimum atomic E-state index is -0.169. The van der Waals surface area contributed by atoms with Gasteiger partial charge in [0.05, 0.1) is 10.7 Å². The van der Waals surface area contributed by atoms with E-state index in [1.54, 1.807) is 25.3 Å². The van der Waals surface area contributed by atoms with Crippen molar-refractivity contribution in [2.45, 2.75) is 12.8 Å². The van der Waals surface area contributed by atoms with E-state index < -0.39 is 0 Å². The maximum Gasteiger partial charge on any atom is 0.257 e. The second-order valence-electron chi connectivity index (χ2n) is 4.30. The van der Waals surface area contributed by atoms with Crippen molar-refractivity contribution < 1.29 is 9.53 Å². The largest absolute Gasteiger partial charge is 0.496 e. The van der Waals surface area contributed by atoms with E-state index in [1.807, 2.05) is 4.90 Å². The molecule has 0 bridgehead atoms. The third-order valence-electron chi connectivity index (χ3n) is 3.03. The van der Waals surface area contributed by atoms with Crippen LogP contribution in [0.15, 0.2) is 18.2 Å². The number of benzene rings is 1. The number of amides is 1. The normalized spacial score (nSPS) is 14.3. The highest BCUT2D eigenvalue weighted by Gasteiger charge is 2.17. The van der Waals surface area contributed by atoms with Crippen molar-refractivity contribution in [1.29, 1.82) is 0 Å². The van der Waals surface area contributed by atoms with E-state index in [2.05, 4.69) is 27.9 Å². The van der Waals surface area contributed by atoms with E-state index in [0.29, 0.717) is 10.7 Å². The van der Waals surface area contributed by atoms with Gasteiger partial charge < -0.3 is 9.64 Å². The SMILES string of the molecule is COc1ccc(C(=O)NC(=S)N2CCCC2)cc1I. The Kier molecular flexibility index (Phi) is 4.98. The van der Waals surface area contributed by atoms with Crippen molar-refractivity contribution in [2.75, 3.05) is 20.2 Å². The van der Waals surface area contributed by atoms with Crippen molar-refractivity contribution in [2.24, 2.45) is 0 Å². The molecule has 0 unspecified atom stereocenters. The highest BCUT2D eigenvalue weighted by atomic mass is 127. The van der Waals surface area contributed by atoms with Crippen LogP contribution in [0.5, 0.6) is 5.75 Å². The number of ether oxygens (including phenoxy) is 1. The molecule has 1 aromatic rings. The lowest BCUT2D eigenvalue weighted by molar-refractivity contribution is 0.0974. The topological polar surface area (TPSA) is 41.6 Å². The fourth-order valence-electron chi connectivity index (χ4n) is 1.98. The van der Waals surface area contributed by atoms with Crippen molar-refractivity contribution >= 4 is 45.8 Å². The predicted molar refractivity (Wildman–Crippen MR) is 86.6 cm³/mol. The number of nitrogens with one attached hydrogen (secondary N) is 1. The lowest BCUT2D eigenvalue weighted by Crippen LogP contribution is -2.41. The van der Waals surface area contributed by atoms with Gasteiger partial charge in [0.25, 0.3) is 5.91 Å². The highest BCUT2D eigenvalue weighted by molar-refractivity contribution is 14.1. The monoisotopic (exact) mass is 390 g/mol. The Morgan fingerprint density at radius 2 is 2.11 bits per heavy atom. The van der Waals surface area contributed by atoms with E-state index >= 15 is 0 Å². The van der Waals surface area contributed by atoms with Crippen LogP contribution in [0.4, 0.5) is 0 Å². The van der Waals surface area contributed by atoms with Gasteiger partial charge in [-0.05, 0) is 65.8 Å². The van der Waals surface area contributed by atoms with Crippen LogP contribution in [0.3, 0.4) is 0 Å². The Labute approximate surface area is 131 Å². The number of nitrogens with zero attached hydrogens (tertiary/aromatic N) is 1. The Bertz CT molecular complexity index is 501. The first-order valence-electron chi connectivity index (χ1n) is 6.05. The van der Waals surface area contributed by atoms with Gasteiger partial charge in [-0.25, -0.2) is 0 Å². The number of carbonyl (C=O) groups is 1. The molecule has 2 rings (SSSR count). The second-order valence-corrected chi connectivity index (χ2v) is 5.85.